The van der Waals surface area contributed by atoms with E-state index in [0.717, 1.165) is 10.0 Å². The zero-order chi connectivity index (χ0) is 18.3. The molecule has 0 bridgehead atoms. The molecule has 0 aromatic heterocycles. The van der Waals surface area contributed by atoms with Crippen LogP contribution in [0.5, 0.6) is 0 Å². The average molecular weight is 404 g/mol. The Morgan fingerprint density at radius 3 is 2.56 bits per heavy atom. The average Bonchev–Trinajstić information content (AvgIpc) is 2.82. The van der Waals surface area contributed by atoms with Crippen LogP contribution in [0.15, 0.2) is 58.3 Å². The minimum atomic E-state index is -0.879. The van der Waals surface area contributed by atoms with E-state index in [2.05, 4.69) is 15.9 Å². The van der Waals surface area contributed by atoms with Crippen LogP contribution < -0.4 is 4.90 Å². The molecule has 3 rings (SSSR count). The number of aryl methyl sites for hydroxylation is 1. The number of benzene rings is 2. The molecule has 0 unspecified atom stereocenters. The van der Waals surface area contributed by atoms with Crippen LogP contribution >= 0.6 is 15.9 Å². The summed E-state index contributed by atoms with van der Waals surface area (Å²) in [5.74, 6) is -2.20. The van der Waals surface area contributed by atoms with Gasteiger partial charge in [-0.15, -0.1) is 0 Å². The Balaban J connectivity index is 2.20. The zero-order valence-corrected chi connectivity index (χ0v) is 15.2. The standard InChI is InChI=1S/C19H15BrFNO3/c1-10-6-7-14(9-15(10)20)22-17(12-4-3-5-13(21)8-12)16(11(2)23)18(24)19(22)25/h3-9,17,24H,1-2H3/t17-/m1/s1. The van der Waals surface area contributed by atoms with Crippen molar-refractivity contribution in [3.8, 4) is 0 Å². The molecular formula is C19H15BrFNO3. The van der Waals surface area contributed by atoms with Crippen molar-refractivity contribution in [2.75, 3.05) is 4.90 Å². The molecule has 4 nitrogen and oxygen atoms in total. The molecule has 128 valence electrons. The van der Waals surface area contributed by atoms with E-state index in [0.29, 0.717) is 11.3 Å². The highest BCUT2D eigenvalue weighted by molar-refractivity contribution is 9.10. The number of nitrogens with zero attached hydrogens (tertiary/aromatic N) is 1. The number of ketones is 1. The van der Waals surface area contributed by atoms with Gasteiger partial charge in [0.1, 0.15) is 5.82 Å². The van der Waals surface area contributed by atoms with Gasteiger partial charge < -0.3 is 5.11 Å². The number of halogens is 2. The molecule has 0 saturated carbocycles. The number of aliphatic hydroxyl groups is 1. The molecule has 0 spiro atoms. The monoisotopic (exact) mass is 403 g/mol. The fraction of sp³-hybridized carbons (Fsp3) is 0.158. The maximum Gasteiger partial charge on any atom is 0.294 e. The first-order chi connectivity index (χ1) is 11.8. The molecule has 0 radical (unpaired) electrons. The Bertz CT molecular complexity index is 923. The van der Waals surface area contributed by atoms with Gasteiger partial charge >= 0.3 is 0 Å². The lowest BCUT2D eigenvalue weighted by Crippen LogP contribution is -2.31. The summed E-state index contributed by atoms with van der Waals surface area (Å²) in [5, 5.41) is 10.2. The predicted octanol–water partition coefficient (Wildman–Crippen LogP) is 4.39. The van der Waals surface area contributed by atoms with Gasteiger partial charge in [-0.05, 0) is 49.2 Å². The summed E-state index contributed by atoms with van der Waals surface area (Å²) in [6.07, 6.45) is 0. The SMILES string of the molecule is CC(=O)C1=C(O)C(=O)N(c2ccc(C)c(Br)c2)[C@@H]1c1cccc(F)c1. The van der Waals surface area contributed by atoms with Crippen molar-refractivity contribution < 1.29 is 19.1 Å². The molecule has 6 heteroatoms. The Kier molecular flexibility index (Phi) is 4.47. The highest BCUT2D eigenvalue weighted by atomic mass is 79.9. The number of Topliss-reactive ketones (excluding diaryl/α,β-unsaturated/α-hetero) is 1. The van der Waals surface area contributed by atoms with Gasteiger partial charge in [-0.1, -0.05) is 34.1 Å². The van der Waals surface area contributed by atoms with E-state index in [1.54, 1.807) is 18.2 Å². The summed E-state index contributed by atoms with van der Waals surface area (Å²) in [6.45, 7) is 3.18. The molecule has 0 saturated heterocycles. The molecule has 1 N–H and O–H groups in total. The zero-order valence-electron chi connectivity index (χ0n) is 13.6. The fourth-order valence-corrected chi connectivity index (χ4v) is 3.32. The second kappa shape index (κ2) is 6.44. The van der Waals surface area contributed by atoms with Gasteiger partial charge in [-0.2, -0.15) is 0 Å². The minimum Gasteiger partial charge on any atom is -0.503 e. The Hall–Kier alpha value is -2.47. The van der Waals surface area contributed by atoms with E-state index in [4.69, 9.17) is 0 Å². The highest BCUT2D eigenvalue weighted by Gasteiger charge is 2.43. The number of rotatable bonds is 3. The third-order valence-corrected chi connectivity index (χ3v) is 5.04. The van der Waals surface area contributed by atoms with Crippen molar-refractivity contribution in [1.29, 1.82) is 0 Å². The Morgan fingerprint density at radius 1 is 1.24 bits per heavy atom. The molecule has 0 fully saturated rings. The summed E-state index contributed by atoms with van der Waals surface area (Å²) >= 11 is 3.42. The van der Waals surface area contributed by atoms with Crippen LogP contribution in [0.2, 0.25) is 0 Å². The smallest absolute Gasteiger partial charge is 0.294 e. The first kappa shape index (κ1) is 17.4. The van der Waals surface area contributed by atoms with Crippen molar-refractivity contribution in [2.24, 2.45) is 0 Å². The Morgan fingerprint density at radius 2 is 1.96 bits per heavy atom. The van der Waals surface area contributed by atoms with Gasteiger partial charge in [0.2, 0.25) is 0 Å². The summed E-state index contributed by atoms with van der Waals surface area (Å²) in [4.78, 5) is 26.0. The normalized spacial score (nSPS) is 17.4. The van der Waals surface area contributed by atoms with E-state index >= 15 is 0 Å². The van der Waals surface area contributed by atoms with Crippen LogP contribution in [0, 0.1) is 12.7 Å². The molecule has 25 heavy (non-hydrogen) atoms. The highest BCUT2D eigenvalue weighted by Crippen LogP contribution is 2.41. The van der Waals surface area contributed by atoms with Gasteiger partial charge in [0.15, 0.2) is 11.5 Å². The lowest BCUT2D eigenvalue weighted by molar-refractivity contribution is -0.117. The quantitative estimate of drug-likeness (QED) is 0.826. The first-order valence-electron chi connectivity index (χ1n) is 7.60. The van der Waals surface area contributed by atoms with Crippen LogP contribution in [0.4, 0.5) is 10.1 Å². The third-order valence-electron chi connectivity index (χ3n) is 4.19. The van der Waals surface area contributed by atoms with Gasteiger partial charge in [0.05, 0.1) is 11.6 Å². The molecule has 2 aromatic rings. The molecular weight excluding hydrogens is 389 g/mol. The van der Waals surface area contributed by atoms with Gasteiger partial charge in [-0.25, -0.2) is 4.39 Å². The maximum absolute atomic E-state index is 13.7. The molecule has 2 aromatic carbocycles. The number of carbonyl (C=O) groups excluding carboxylic acids is 2. The molecule has 0 aliphatic carbocycles. The third kappa shape index (κ3) is 2.98. The van der Waals surface area contributed by atoms with Crippen molar-refractivity contribution in [3.05, 3.63) is 75.2 Å². The van der Waals surface area contributed by atoms with Crippen molar-refractivity contribution in [3.63, 3.8) is 0 Å². The van der Waals surface area contributed by atoms with Crippen LogP contribution in [0.1, 0.15) is 24.1 Å². The molecule has 1 atom stereocenters. The van der Waals surface area contributed by atoms with E-state index in [-0.39, 0.29) is 5.57 Å². The second-order valence-electron chi connectivity index (χ2n) is 5.88. The molecule has 1 aliphatic heterocycles. The van der Waals surface area contributed by atoms with Crippen LogP contribution in [0.25, 0.3) is 0 Å². The van der Waals surface area contributed by atoms with Crippen LogP contribution in [-0.4, -0.2) is 16.8 Å². The van der Waals surface area contributed by atoms with E-state index in [9.17, 15) is 19.1 Å². The van der Waals surface area contributed by atoms with Crippen LogP contribution in [-0.2, 0) is 9.59 Å². The van der Waals surface area contributed by atoms with Crippen molar-refractivity contribution in [1.82, 2.24) is 0 Å². The van der Waals surface area contributed by atoms with Crippen molar-refractivity contribution >= 4 is 33.3 Å². The van der Waals surface area contributed by atoms with Gasteiger partial charge in [-0.3, -0.25) is 14.5 Å². The number of carbonyl (C=O) groups is 2. The molecule has 1 aliphatic rings. The van der Waals surface area contributed by atoms with Crippen molar-refractivity contribution in [2.45, 2.75) is 19.9 Å². The number of anilines is 1. The van der Waals surface area contributed by atoms with Gasteiger partial charge in [0, 0.05) is 10.2 Å². The summed E-state index contributed by atoms with van der Waals surface area (Å²) in [5.41, 5.74) is 1.85. The van der Waals surface area contributed by atoms with Gasteiger partial charge in [0.25, 0.3) is 5.91 Å². The topological polar surface area (TPSA) is 57.6 Å². The lowest BCUT2D eigenvalue weighted by Gasteiger charge is -2.27. The fourth-order valence-electron chi connectivity index (χ4n) is 2.95. The number of aliphatic hydroxyl groups excluding tert-OH is 1. The number of amides is 1. The molecule has 1 amide bonds. The minimum absolute atomic E-state index is 0.0349. The first-order valence-corrected chi connectivity index (χ1v) is 8.39. The molecule has 1 heterocycles. The predicted molar refractivity (Wildman–Crippen MR) is 95.8 cm³/mol. The van der Waals surface area contributed by atoms with E-state index < -0.39 is 29.3 Å². The lowest BCUT2D eigenvalue weighted by atomic mass is 9.96. The Labute approximate surface area is 152 Å². The summed E-state index contributed by atoms with van der Waals surface area (Å²) < 4.78 is 14.5. The largest absolute Gasteiger partial charge is 0.503 e. The second-order valence-corrected chi connectivity index (χ2v) is 6.74. The number of hydrogen-bond acceptors (Lipinski definition) is 3. The number of hydrogen-bond donors (Lipinski definition) is 1. The van der Waals surface area contributed by atoms with E-state index in [1.165, 1.54) is 30.0 Å². The summed E-state index contributed by atoms with van der Waals surface area (Å²) in [6, 6.07) is 10.1. The maximum atomic E-state index is 13.7. The van der Waals surface area contributed by atoms with Crippen LogP contribution in [0.3, 0.4) is 0 Å². The van der Waals surface area contributed by atoms with E-state index in [1.807, 2.05) is 13.0 Å². The summed E-state index contributed by atoms with van der Waals surface area (Å²) in [7, 11) is 0.